The summed E-state index contributed by atoms with van der Waals surface area (Å²) in [5.74, 6) is 2.22. The molecule has 2 N–H and O–H groups in total. The second-order valence-corrected chi connectivity index (χ2v) is 7.52. The predicted molar refractivity (Wildman–Crippen MR) is 111 cm³/mol. The van der Waals surface area contributed by atoms with Crippen molar-refractivity contribution in [2.24, 2.45) is 0 Å². The molecule has 1 aliphatic heterocycles. The molecular weight excluding hydrogens is 406 g/mol. The Balaban J connectivity index is 1.22. The fourth-order valence-electron chi connectivity index (χ4n) is 3.16. The number of benzene rings is 2. The second kappa shape index (κ2) is 7.71. The van der Waals surface area contributed by atoms with Crippen molar-refractivity contribution in [2.75, 3.05) is 19.7 Å². The molecule has 1 amide bonds. The zero-order chi connectivity index (χ0) is 20.5. The molecule has 0 radical (unpaired) electrons. The summed E-state index contributed by atoms with van der Waals surface area (Å²) in [4.78, 5) is 19.9. The minimum Gasteiger partial charge on any atom is -0.497 e. The molecule has 0 saturated carbocycles. The van der Waals surface area contributed by atoms with Gasteiger partial charge in [0, 0.05) is 17.4 Å². The lowest BCUT2D eigenvalue weighted by Crippen LogP contribution is -2.24. The minimum absolute atomic E-state index is 0.122. The van der Waals surface area contributed by atoms with Crippen LogP contribution >= 0.6 is 11.8 Å². The SMILES string of the molecule is COc1ccc2[nH]c3nc(SCC(=O)NCc4ccc5c(c4)OCO5)nnc3c2c1. The van der Waals surface area contributed by atoms with Gasteiger partial charge in [-0.3, -0.25) is 4.79 Å². The number of hydrogen-bond donors (Lipinski definition) is 2. The maximum absolute atomic E-state index is 12.2. The number of H-pyrrole nitrogens is 1. The van der Waals surface area contributed by atoms with Crippen LogP contribution in [-0.4, -0.2) is 45.7 Å². The molecule has 0 aliphatic carbocycles. The number of rotatable bonds is 6. The van der Waals surface area contributed by atoms with Crippen LogP contribution in [0.15, 0.2) is 41.6 Å². The smallest absolute Gasteiger partial charge is 0.231 e. The lowest BCUT2D eigenvalue weighted by molar-refractivity contribution is -0.118. The molecular formula is C20H17N5O4S. The molecule has 4 aromatic rings. The molecule has 30 heavy (non-hydrogen) atoms. The third-order valence-electron chi connectivity index (χ3n) is 4.66. The van der Waals surface area contributed by atoms with Crippen LogP contribution in [0.25, 0.3) is 22.1 Å². The van der Waals surface area contributed by atoms with Gasteiger partial charge in [0.1, 0.15) is 11.3 Å². The van der Waals surface area contributed by atoms with Crippen LogP contribution in [0.1, 0.15) is 5.56 Å². The van der Waals surface area contributed by atoms with E-state index in [0.717, 1.165) is 28.0 Å². The third-order valence-corrected chi connectivity index (χ3v) is 5.50. The van der Waals surface area contributed by atoms with E-state index < -0.39 is 0 Å². The Hall–Kier alpha value is -3.53. The first-order valence-corrected chi connectivity index (χ1v) is 10.2. The first-order chi connectivity index (χ1) is 14.7. The number of amides is 1. The molecule has 2 aromatic carbocycles. The van der Waals surface area contributed by atoms with Gasteiger partial charge in [-0.2, -0.15) is 0 Å². The van der Waals surface area contributed by atoms with Gasteiger partial charge in [-0.05, 0) is 35.9 Å². The largest absolute Gasteiger partial charge is 0.497 e. The number of ether oxygens (including phenoxy) is 3. The zero-order valence-electron chi connectivity index (χ0n) is 16.0. The molecule has 2 aromatic heterocycles. The zero-order valence-corrected chi connectivity index (χ0v) is 16.8. The molecule has 0 bridgehead atoms. The highest BCUT2D eigenvalue weighted by molar-refractivity contribution is 7.99. The molecule has 10 heteroatoms. The van der Waals surface area contributed by atoms with E-state index in [1.165, 1.54) is 11.8 Å². The Morgan fingerprint density at radius 2 is 2.10 bits per heavy atom. The maximum Gasteiger partial charge on any atom is 0.231 e. The van der Waals surface area contributed by atoms with Crippen LogP contribution in [0.4, 0.5) is 0 Å². The molecule has 0 saturated heterocycles. The number of fused-ring (bicyclic) bond motifs is 4. The summed E-state index contributed by atoms with van der Waals surface area (Å²) < 4.78 is 15.9. The lowest BCUT2D eigenvalue weighted by Gasteiger charge is -2.06. The molecule has 9 nitrogen and oxygen atoms in total. The summed E-state index contributed by atoms with van der Waals surface area (Å²) in [6, 6.07) is 11.3. The number of thioether (sulfide) groups is 1. The van der Waals surface area contributed by atoms with Crippen molar-refractivity contribution in [1.29, 1.82) is 0 Å². The van der Waals surface area contributed by atoms with E-state index in [1.54, 1.807) is 7.11 Å². The van der Waals surface area contributed by atoms with Crippen LogP contribution in [0.3, 0.4) is 0 Å². The number of hydrogen-bond acceptors (Lipinski definition) is 8. The number of methoxy groups -OCH3 is 1. The first-order valence-electron chi connectivity index (χ1n) is 9.18. The average molecular weight is 423 g/mol. The van der Waals surface area contributed by atoms with Gasteiger partial charge in [-0.1, -0.05) is 17.8 Å². The average Bonchev–Trinajstić information content (AvgIpc) is 3.39. The van der Waals surface area contributed by atoms with E-state index in [-0.39, 0.29) is 18.5 Å². The summed E-state index contributed by atoms with van der Waals surface area (Å²) in [6.45, 7) is 0.627. The van der Waals surface area contributed by atoms with Gasteiger partial charge in [0.25, 0.3) is 0 Å². The van der Waals surface area contributed by atoms with Gasteiger partial charge in [-0.25, -0.2) is 4.98 Å². The lowest BCUT2D eigenvalue weighted by atomic mass is 10.2. The fraction of sp³-hybridized carbons (Fsp3) is 0.200. The highest BCUT2D eigenvalue weighted by Crippen LogP contribution is 2.32. The van der Waals surface area contributed by atoms with Gasteiger partial charge in [0.05, 0.1) is 12.9 Å². The Morgan fingerprint density at radius 1 is 1.20 bits per heavy atom. The molecule has 1 aliphatic rings. The summed E-state index contributed by atoms with van der Waals surface area (Å²) in [7, 11) is 1.62. The molecule has 5 rings (SSSR count). The number of aromatic nitrogens is 4. The van der Waals surface area contributed by atoms with E-state index in [0.29, 0.717) is 28.6 Å². The van der Waals surface area contributed by atoms with Gasteiger partial charge in [0.15, 0.2) is 17.1 Å². The predicted octanol–water partition coefficient (Wildman–Crippen LogP) is 2.65. The van der Waals surface area contributed by atoms with Crippen molar-refractivity contribution in [3.8, 4) is 17.2 Å². The first kappa shape index (κ1) is 18.5. The number of nitrogens with zero attached hydrogens (tertiary/aromatic N) is 3. The molecule has 0 fully saturated rings. The molecule has 3 heterocycles. The standard InChI is InChI=1S/C20H17N5O4S/c1-27-12-3-4-14-13(7-12)18-19(22-14)23-20(25-24-18)30-9-17(26)21-8-11-2-5-15-16(6-11)29-10-28-15/h2-7H,8-10H2,1H3,(H,21,26)(H,22,23,25). The Kier molecular flexibility index (Phi) is 4.75. The van der Waals surface area contributed by atoms with Crippen molar-refractivity contribution in [3.05, 3.63) is 42.0 Å². The Morgan fingerprint density at radius 3 is 3.00 bits per heavy atom. The highest BCUT2D eigenvalue weighted by Gasteiger charge is 2.14. The molecule has 0 unspecified atom stereocenters. The Labute approximate surface area is 175 Å². The van der Waals surface area contributed by atoms with Crippen LogP contribution in [0.5, 0.6) is 17.2 Å². The second-order valence-electron chi connectivity index (χ2n) is 6.58. The van der Waals surface area contributed by atoms with E-state index in [4.69, 9.17) is 14.2 Å². The normalized spacial score (nSPS) is 12.4. The van der Waals surface area contributed by atoms with E-state index in [1.807, 2.05) is 36.4 Å². The highest BCUT2D eigenvalue weighted by atomic mass is 32.2. The van der Waals surface area contributed by atoms with Crippen LogP contribution < -0.4 is 19.5 Å². The van der Waals surface area contributed by atoms with Gasteiger partial charge < -0.3 is 24.5 Å². The van der Waals surface area contributed by atoms with Crippen molar-refractivity contribution in [1.82, 2.24) is 25.5 Å². The van der Waals surface area contributed by atoms with Crippen molar-refractivity contribution < 1.29 is 19.0 Å². The summed E-state index contributed by atoms with van der Waals surface area (Å²) in [6.07, 6.45) is 0. The molecule has 0 atom stereocenters. The Bertz CT molecular complexity index is 1260. The maximum atomic E-state index is 12.2. The monoisotopic (exact) mass is 423 g/mol. The van der Waals surface area contributed by atoms with Gasteiger partial charge in [0.2, 0.25) is 17.9 Å². The van der Waals surface area contributed by atoms with E-state index in [2.05, 4.69) is 25.5 Å². The topological polar surface area (TPSA) is 111 Å². The molecule has 0 spiro atoms. The van der Waals surface area contributed by atoms with Crippen LogP contribution in [-0.2, 0) is 11.3 Å². The van der Waals surface area contributed by atoms with Crippen LogP contribution in [0, 0.1) is 0 Å². The molecule has 152 valence electrons. The van der Waals surface area contributed by atoms with Crippen molar-refractivity contribution in [3.63, 3.8) is 0 Å². The summed E-state index contributed by atoms with van der Waals surface area (Å²) >= 11 is 1.23. The van der Waals surface area contributed by atoms with Gasteiger partial charge in [-0.15, -0.1) is 10.2 Å². The third kappa shape index (κ3) is 3.57. The minimum atomic E-state index is -0.122. The number of carbonyl (C=O) groups is 1. The quantitative estimate of drug-likeness (QED) is 0.455. The van der Waals surface area contributed by atoms with Crippen molar-refractivity contribution >= 4 is 39.7 Å². The number of nitrogens with one attached hydrogen (secondary N) is 2. The van der Waals surface area contributed by atoms with Gasteiger partial charge >= 0.3 is 0 Å². The van der Waals surface area contributed by atoms with Crippen molar-refractivity contribution in [2.45, 2.75) is 11.7 Å². The number of aromatic amines is 1. The summed E-state index contributed by atoms with van der Waals surface area (Å²) in [5.41, 5.74) is 3.12. The number of carbonyl (C=O) groups excluding carboxylic acids is 1. The fourth-order valence-corrected chi connectivity index (χ4v) is 3.77. The van der Waals surface area contributed by atoms with E-state index >= 15 is 0 Å². The van der Waals surface area contributed by atoms with Crippen LogP contribution in [0.2, 0.25) is 0 Å². The summed E-state index contributed by atoms with van der Waals surface area (Å²) in [5, 5.41) is 12.6. The van der Waals surface area contributed by atoms with E-state index in [9.17, 15) is 4.79 Å².